The van der Waals surface area contributed by atoms with Gasteiger partial charge in [-0.1, -0.05) is 24.3 Å². The lowest BCUT2D eigenvalue weighted by Gasteiger charge is -2.09. The second-order valence-corrected chi connectivity index (χ2v) is 4.87. The number of hydrogen-bond acceptors (Lipinski definition) is 2. The Kier molecular flexibility index (Phi) is 3.59. The maximum absolute atomic E-state index is 12.5. The fourth-order valence-electron chi connectivity index (χ4n) is 1.95. The summed E-state index contributed by atoms with van der Waals surface area (Å²) in [5.74, 6) is 0.723. The third-order valence-electron chi connectivity index (χ3n) is 3.24. The molecule has 21 heavy (non-hydrogen) atoms. The van der Waals surface area contributed by atoms with Gasteiger partial charge in [-0.3, -0.25) is 0 Å². The van der Waals surface area contributed by atoms with E-state index in [9.17, 15) is 13.2 Å². The molecule has 0 spiro atoms. The highest BCUT2D eigenvalue weighted by Crippen LogP contribution is 2.31. The molecule has 1 aliphatic rings. The van der Waals surface area contributed by atoms with Crippen LogP contribution in [-0.4, -0.2) is 19.3 Å². The minimum atomic E-state index is -4.30. The molecular weight excluding hydrogens is 281 g/mol. The van der Waals surface area contributed by atoms with E-state index in [1.807, 2.05) is 12.1 Å². The second-order valence-electron chi connectivity index (χ2n) is 4.87. The van der Waals surface area contributed by atoms with Crippen LogP contribution in [0.2, 0.25) is 0 Å². The molecule has 0 aliphatic carbocycles. The molecule has 1 fully saturated rings. The van der Waals surface area contributed by atoms with E-state index in [0.29, 0.717) is 6.61 Å². The Morgan fingerprint density at radius 2 is 1.48 bits per heavy atom. The predicted octanol–water partition coefficient (Wildman–Crippen LogP) is 4.15. The van der Waals surface area contributed by atoms with Crippen molar-refractivity contribution in [2.45, 2.75) is 12.3 Å². The summed E-state index contributed by atoms with van der Waals surface area (Å²) >= 11 is 0. The van der Waals surface area contributed by atoms with Crippen molar-refractivity contribution in [2.75, 3.05) is 13.2 Å². The molecule has 0 radical (unpaired) electrons. The molecule has 1 unspecified atom stereocenters. The van der Waals surface area contributed by atoms with Crippen LogP contribution in [0.3, 0.4) is 0 Å². The number of alkyl halides is 3. The van der Waals surface area contributed by atoms with Crippen LogP contribution in [-0.2, 0) is 10.9 Å². The molecule has 1 heterocycles. The van der Waals surface area contributed by atoms with Gasteiger partial charge in [-0.25, -0.2) is 0 Å². The van der Waals surface area contributed by atoms with Gasteiger partial charge < -0.3 is 9.47 Å². The number of hydrogen-bond donors (Lipinski definition) is 0. The van der Waals surface area contributed by atoms with E-state index in [1.54, 1.807) is 12.1 Å². The van der Waals surface area contributed by atoms with E-state index in [-0.39, 0.29) is 6.10 Å². The van der Waals surface area contributed by atoms with E-state index in [4.69, 9.17) is 9.47 Å². The average molecular weight is 294 g/mol. The number of benzene rings is 2. The molecule has 5 heteroatoms. The number of halogens is 3. The molecule has 0 saturated carbocycles. The van der Waals surface area contributed by atoms with Gasteiger partial charge >= 0.3 is 6.18 Å². The van der Waals surface area contributed by atoms with Crippen molar-refractivity contribution in [1.29, 1.82) is 0 Å². The average Bonchev–Trinajstić information content (AvgIpc) is 3.29. The van der Waals surface area contributed by atoms with Crippen LogP contribution >= 0.6 is 0 Å². The molecule has 3 rings (SSSR count). The first kappa shape index (κ1) is 13.9. The molecule has 110 valence electrons. The molecule has 0 N–H and O–H groups in total. The van der Waals surface area contributed by atoms with Gasteiger partial charge in [0.2, 0.25) is 0 Å². The van der Waals surface area contributed by atoms with Crippen molar-refractivity contribution < 1.29 is 22.6 Å². The Hall–Kier alpha value is -2.01. The van der Waals surface area contributed by atoms with Gasteiger partial charge in [-0.2, -0.15) is 13.2 Å². The van der Waals surface area contributed by atoms with Gasteiger partial charge in [0.1, 0.15) is 18.5 Å². The zero-order chi connectivity index (χ0) is 14.9. The first-order valence-electron chi connectivity index (χ1n) is 6.54. The van der Waals surface area contributed by atoms with E-state index < -0.39 is 11.7 Å². The Morgan fingerprint density at radius 1 is 0.952 bits per heavy atom. The topological polar surface area (TPSA) is 21.8 Å². The Labute approximate surface area is 120 Å². The van der Waals surface area contributed by atoms with Crippen molar-refractivity contribution in [2.24, 2.45) is 0 Å². The first-order chi connectivity index (χ1) is 10.0. The lowest BCUT2D eigenvalue weighted by molar-refractivity contribution is -0.137. The third kappa shape index (κ3) is 3.55. The fraction of sp³-hybridized carbons (Fsp3) is 0.250. The van der Waals surface area contributed by atoms with Gasteiger partial charge in [-0.15, -0.1) is 0 Å². The summed E-state index contributed by atoms with van der Waals surface area (Å²) in [6, 6.07) is 12.4. The van der Waals surface area contributed by atoms with Crippen molar-refractivity contribution in [3.05, 3.63) is 54.1 Å². The predicted molar refractivity (Wildman–Crippen MR) is 72.1 cm³/mol. The highest BCUT2D eigenvalue weighted by atomic mass is 19.4. The van der Waals surface area contributed by atoms with Crippen molar-refractivity contribution in [3.8, 4) is 16.9 Å². The first-order valence-corrected chi connectivity index (χ1v) is 6.54. The summed E-state index contributed by atoms with van der Waals surface area (Å²) in [6.07, 6.45) is -4.11. The fourth-order valence-corrected chi connectivity index (χ4v) is 1.95. The van der Waals surface area contributed by atoms with Gasteiger partial charge in [0, 0.05) is 0 Å². The monoisotopic (exact) mass is 294 g/mol. The van der Waals surface area contributed by atoms with E-state index in [2.05, 4.69) is 0 Å². The van der Waals surface area contributed by atoms with E-state index >= 15 is 0 Å². The second kappa shape index (κ2) is 5.41. The molecule has 0 aromatic heterocycles. The molecule has 1 atom stereocenters. The molecule has 0 bridgehead atoms. The summed E-state index contributed by atoms with van der Waals surface area (Å²) in [7, 11) is 0. The van der Waals surface area contributed by atoms with E-state index in [1.165, 1.54) is 12.1 Å². The molecule has 2 nitrogen and oxygen atoms in total. The van der Waals surface area contributed by atoms with Gasteiger partial charge in [0.15, 0.2) is 0 Å². The van der Waals surface area contributed by atoms with Crippen LogP contribution in [0.1, 0.15) is 5.56 Å². The smallest absolute Gasteiger partial charge is 0.416 e. The summed E-state index contributed by atoms with van der Waals surface area (Å²) in [4.78, 5) is 0. The Balaban J connectivity index is 1.70. The summed E-state index contributed by atoms with van der Waals surface area (Å²) < 4.78 is 48.1. The highest BCUT2D eigenvalue weighted by molar-refractivity contribution is 5.64. The maximum atomic E-state index is 12.5. The van der Waals surface area contributed by atoms with Crippen molar-refractivity contribution >= 4 is 0 Å². The van der Waals surface area contributed by atoms with Crippen LogP contribution in [0.5, 0.6) is 5.75 Å². The molecule has 2 aromatic carbocycles. The number of rotatable bonds is 4. The summed E-state index contributed by atoms with van der Waals surface area (Å²) in [6.45, 7) is 1.27. The van der Waals surface area contributed by atoms with Crippen LogP contribution in [0.15, 0.2) is 48.5 Å². The lowest BCUT2D eigenvalue weighted by atomic mass is 10.0. The highest BCUT2D eigenvalue weighted by Gasteiger charge is 2.29. The van der Waals surface area contributed by atoms with Crippen LogP contribution in [0, 0.1) is 0 Å². The normalized spacial score (nSPS) is 17.6. The number of epoxide rings is 1. The van der Waals surface area contributed by atoms with Crippen LogP contribution in [0.4, 0.5) is 13.2 Å². The van der Waals surface area contributed by atoms with E-state index in [0.717, 1.165) is 35.6 Å². The van der Waals surface area contributed by atoms with Crippen molar-refractivity contribution in [1.82, 2.24) is 0 Å². The minimum absolute atomic E-state index is 0.194. The Bertz CT molecular complexity index is 599. The summed E-state index contributed by atoms with van der Waals surface area (Å²) in [5, 5.41) is 0. The summed E-state index contributed by atoms with van der Waals surface area (Å²) in [5.41, 5.74) is 0.939. The largest absolute Gasteiger partial charge is 0.491 e. The molecule has 1 aliphatic heterocycles. The number of ether oxygens (including phenoxy) is 2. The quantitative estimate of drug-likeness (QED) is 0.790. The molecule has 0 amide bonds. The van der Waals surface area contributed by atoms with Gasteiger partial charge in [0.25, 0.3) is 0 Å². The standard InChI is InChI=1S/C16H13F3O2/c17-16(18,19)13-5-1-11(2-6-13)12-3-7-14(8-4-12)20-9-15-10-21-15/h1-8,15H,9-10H2. The molecule has 1 saturated heterocycles. The minimum Gasteiger partial charge on any atom is -0.491 e. The zero-order valence-corrected chi connectivity index (χ0v) is 11.1. The lowest BCUT2D eigenvalue weighted by Crippen LogP contribution is -2.04. The van der Waals surface area contributed by atoms with Crippen LogP contribution in [0.25, 0.3) is 11.1 Å². The molecule has 2 aromatic rings. The molecular formula is C16H13F3O2. The SMILES string of the molecule is FC(F)(F)c1ccc(-c2ccc(OCC3CO3)cc2)cc1. The van der Waals surface area contributed by atoms with Crippen molar-refractivity contribution in [3.63, 3.8) is 0 Å². The maximum Gasteiger partial charge on any atom is 0.416 e. The Morgan fingerprint density at radius 3 is 1.95 bits per heavy atom. The zero-order valence-electron chi connectivity index (χ0n) is 11.1. The van der Waals surface area contributed by atoms with Crippen LogP contribution < -0.4 is 4.74 Å². The van der Waals surface area contributed by atoms with Gasteiger partial charge in [0.05, 0.1) is 12.2 Å². The van der Waals surface area contributed by atoms with Gasteiger partial charge in [-0.05, 0) is 35.4 Å². The third-order valence-corrected chi connectivity index (χ3v) is 3.24.